The molecule has 7 heteroatoms. The summed E-state index contributed by atoms with van der Waals surface area (Å²) in [6.07, 6.45) is 0.917. The fraction of sp³-hybridized carbons (Fsp3) is 0.214. The Hall–Kier alpha value is -3.28. The number of anilines is 1. The second-order valence-corrected chi connectivity index (χ2v) is 9.85. The van der Waals surface area contributed by atoms with Gasteiger partial charge in [0.2, 0.25) is 5.76 Å². The van der Waals surface area contributed by atoms with Crippen molar-refractivity contribution >= 4 is 45.8 Å². The molecule has 1 aromatic heterocycles. The van der Waals surface area contributed by atoms with E-state index in [4.69, 9.17) is 32.4 Å². The molecule has 35 heavy (non-hydrogen) atoms. The summed E-state index contributed by atoms with van der Waals surface area (Å²) >= 11 is 12.4. The van der Waals surface area contributed by atoms with Gasteiger partial charge in [-0.1, -0.05) is 55.2 Å². The Morgan fingerprint density at radius 2 is 1.74 bits per heavy atom. The molecule has 0 aliphatic carbocycles. The van der Waals surface area contributed by atoms with Crippen LogP contribution in [0.25, 0.3) is 11.0 Å². The Labute approximate surface area is 212 Å². The van der Waals surface area contributed by atoms with Gasteiger partial charge in [0.05, 0.1) is 23.6 Å². The minimum atomic E-state index is -0.718. The topological polar surface area (TPSA) is 59.8 Å². The fourth-order valence-electron chi connectivity index (χ4n) is 4.34. The van der Waals surface area contributed by atoms with Crippen LogP contribution in [0, 0.1) is 5.92 Å². The highest BCUT2D eigenvalue weighted by Crippen LogP contribution is 2.42. The zero-order valence-electron chi connectivity index (χ0n) is 19.3. The quantitative estimate of drug-likeness (QED) is 0.275. The number of nitrogens with zero attached hydrogens (tertiary/aromatic N) is 1. The summed E-state index contributed by atoms with van der Waals surface area (Å²) in [4.78, 5) is 29.0. The van der Waals surface area contributed by atoms with E-state index in [0.717, 1.165) is 12.0 Å². The number of amides is 1. The van der Waals surface area contributed by atoms with E-state index in [2.05, 4.69) is 13.8 Å². The van der Waals surface area contributed by atoms with Crippen molar-refractivity contribution < 1.29 is 13.9 Å². The molecular formula is C28H23Cl2NO4. The van der Waals surface area contributed by atoms with Gasteiger partial charge in [-0.2, -0.15) is 0 Å². The molecule has 4 aromatic rings. The van der Waals surface area contributed by atoms with E-state index in [-0.39, 0.29) is 16.8 Å². The van der Waals surface area contributed by atoms with Crippen LogP contribution in [-0.4, -0.2) is 12.5 Å². The summed E-state index contributed by atoms with van der Waals surface area (Å²) in [5, 5.41) is 1.22. The highest BCUT2D eigenvalue weighted by molar-refractivity contribution is 6.31. The number of carbonyl (C=O) groups is 1. The normalized spacial score (nSPS) is 15.2. The molecule has 1 amide bonds. The number of halogens is 2. The molecule has 0 bridgehead atoms. The van der Waals surface area contributed by atoms with E-state index in [9.17, 15) is 9.59 Å². The second-order valence-electron chi connectivity index (χ2n) is 8.98. The molecule has 178 valence electrons. The molecule has 5 rings (SSSR count). The van der Waals surface area contributed by atoms with E-state index in [0.29, 0.717) is 45.0 Å². The van der Waals surface area contributed by atoms with Crippen LogP contribution >= 0.6 is 23.2 Å². The Balaban J connectivity index is 1.69. The first-order valence-corrected chi connectivity index (χ1v) is 12.2. The number of ether oxygens (including phenoxy) is 1. The van der Waals surface area contributed by atoms with Crippen molar-refractivity contribution in [2.75, 3.05) is 11.5 Å². The molecule has 1 atom stereocenters. The highest BCUT2D eigenvalue weighted by Gasteiger charge is 2.43. The van der Waals surface area contributed by atoms with Crippen LogP contribution < -0.4 is 15.1 Å². The Morgan fingerprint density at radius 3 is 2.51 bits per heavy atom. The third kappa shape index (κ3) is 4.42. The molecule has 0 N–H and O–H groups in total. The highest BCUT2D eigenvalue weighted by atomic mass is 35.5. The molecule has 0 saturated heterocycles. The average molecular weight is 508 g/mol. The lowest BCUT2D eigenvalue weighted by molar-refractivity contribution is 0.0971. The molecule has 5 nitrogen and oxygen atoms in total. The number of rotatable bonds is 6. The first kappa shape index (κ1) is 23.5. The van der Waals surface area contributed by atoms with Gasteiger partial charge in [-0.25, -0.2) is 0 Å². The summed E-state index contributed by atoms with van der Waals surface area (Å²) in [5.74, 6) is 0.789. The molecule has 1 unspecified atom stereocenters. The molecule has 3 aromatic carbocycles. The lowest BCUT2D eigenvalue weighted by Gasteiger charge is -2.25. The van der Waals surface area contributed by atoms with Crippen molar-refractivity contribution in [3.05, 3.63) is 104 Å². The lowest BCUT2D eigenvalue weighted by Crippen LogP contribution is -2.29. The van der Waals surface area contributed by atoms with Crippen LogP contribution in [-0.2, 0) is 0 Å². The number of benzene rings is 3. The number of carbonyl (C=O) groups excluding carboxylic acids is 1. The van der Waals surface area contributed by atoms with Crippen LogP contribution in [0.2, 0.25) is 10.0 Å². The second kappa shape index (κ2) is 9.40. The van der Waals surface area contributed by atoms with Crippen LogP contribution in [0.15, 0.2) is 75.9 Å². The first-order valence-electron chi connectivity index (χ1n) is 11.4. The van der Waals surface area contributed by atoms with Gasteiger partial charge in [0.1, 0.15) is 11.3 Å². The molecule has 0 fully saturated rings. The van der Waals surface area contributed by atoms with Gasteiger partial charge in [-0.3, -0.25) is 14.5 Å². The van der Waals surface area contributed by atoms with Crippen molar-refractivity contribution in [1.29, 1.82) is 0 Å². The Kier molecular flexibility index (Phi) is 6.30. The summed E-state index contributed by atoms with van der Waals surface area (Å²) in [5.41, 5.74) is 1.57. The van der Waals surface area contributed by atoms with Crippen molar-refractivity contribution in [1.82, 2.24) is 0 Å². The first-order chi connectivity index (χ1) is 16.8. The van der Waals surface area contributed by atoms with Crippen LogP contribution in [0.5, 0.6) is 5.75 Å². The largest absolute Gasteiger partial charge is 0.494 e. The lowest BCUT2D eigenvalue weighted by atomic mass is 9.98. The summed E-state index contributed by atoms with van der Waals surface area (Å²) < 4.78 is 12.0. The predicted molar refractivity (Wildman–Crippen MR) is 139 cm³/mol. The number of hydrogen-bond donors (Lipinski definition) is 0. The monoisotopic (exact) mass is 507 g/mol. The van der Waals surface area contributed by atoms with Crippen molar-refractivity contribution in [3.8, 4) is 5.75 Å². The van der Waals surface area contributed by atoms with Gasteiger partial charge < -0.3 is 9.15 Å². The zero-order chi connectivity index (χ0) is 24.7. The summed E-state index contributed by atoms with van der Waals surface area (Å²) in [6.45, 7) is 4.85. The molecule has 1 aliphatic heterocycles. The third-order valence-corrected chi connectivity index (χ3v) is 6.53. The zero-order valence-corrected chi connectivity index (χ0v) is 20.8. The fourth-order valence-corrected chi connectivity index (χ4v) is 4.70. The Bertz CT molecular complexity index is 1490. The number of hydrogen-bond acceptors (Lipinski definition) is 4. The molecule has 2 heterocycles. The average Bonchev–Trinajstić information content (AvgIpc) is 3.12. The van der Waals surface area contributed by atoms with Crippen molar-refractivity contribution in [2.24, 2.45) is 5.92 Å². The van der Waals surface area contributed by atoms with Gasteiger partial charge in [-0.05, 0) is 66.4 Å². The van der Waals surface area contributed by atoms with Crippen molar-refractivity contribution in [2.45, 2.75) is 26.3 Å². The van der Waals surface area contributed by atoms with E-state index < -0.39 is 11.9 Å². The third-order valence-electron chi connectivity index (χ3n) is 6.06. The van der Waals surface area contributed by atoms with Crippen LogP contribution in [0.1, 0.15) is 48.0 Å². The standard InChI is InChI=1S/C28H23Cl2NO4/c1-16(2)11-12-34-21-8-3-5-17(13-21)25-24-26(32)22-15-19(30)9-10-23(22)35-27(24)28(33)31(25)20-7-4-6-18(29)14-20/h3-10,13-16,25H,11-12H2,1-2H3. The van der Waals surface area contributed by atoms with Crippen LogP contribution in [0.4, 0.5) is 5.69 Å². The van der Waals surface area contributed by atoms with E-state index >= 15 is 0 Å². The Morgan fingerprint density at radius 1 is 0.971 bits per heavy atom. The maximum Gasteiger partial charge on any atom is 0.295 e. The van der Waals surface area contributed by atoms with E-state index in [1.807, 2.05) is 24.3 Å². The van der Waals surface area contributed by atoms with Gasteiger partial charge in [0.25, 0.3) is 5.91 Å². The SMILES string of the molecule is CC(C)CCOc1cccc(C2c3c(oc4ccc(Cl)cc4c3=O)C(=O)N2c2cccc(Cl)c2)c1. The van der Waals surface area contributed by atoms with E-state index in [1.165, 1.54) is 0 Å². The predicted octanol–water partition coefficient (Wildman–Crippen LogP) is 7.27. The molecule has 0 saturated carbocycles. The molecule has 1 aliphatic rings. The maximum absolute atomic E-state index is 13.7. The van der Waals surface area contributed by atoms with Gasteiger partial charge in [0, 0.05) is 15.7 Å². The van der Waals surface area contributed by atoms with Gasteiger partial charge in [-0.15, -0.1) is 0 Å². The summed E-state index contributed by atoms with van der Waals surface area (Å²) in [7, 11) is 0. The van der Waals surface area contributed by atoms with Gasteiger partial charge in [0.15, 0.2) is 5.43 Å². The van der Waals surface area contributed by atoms with Crippen LogP contribution in [0.3, 0.4) is 0 Å². The molecule has 0 spiro atoms. The maximum atomic E-state index is 13.7. The number of fused-ring (bicyclic) bond motifs is 2. The van der Waals surface area contributed by atoms with E-state index in [1.54, 1.807) is 47.4 Å². The van der Waals surface area contributed by atoms with Gasteiger partial charge >= 0.3 is 0 Å². The molecule has 0 radical (unpaired) electrons. The van der Waals surface area contributed by atoms with Crippen molar-refractivity contribution in [3.63, 3.8) is 0 Å². The molecular weight excluding hydrogens is 485 g/mol. The minimum absolute atomic E-state index is 0.0147. The summed E-state index contributed by atoms with van der Waals surface area (Å²) in [6, 6.07) is 18.5. The minimum Gasteiger partial charge on any atom is -0.494 e. The smallest absolute Gasteiger partial charge is 0.295 e.